The van der Waals surface area contributed by atoms with Gasteiger partial charge in [-0.3, -0.25) is 4.79 Å². The highest BCUT2D eigenvalue weighted by Gasteiger charge is 2.25. The third-order valence-electron chi connectivity index (χ3n) is 5.15. The number of likely N-dealkylation sites (N-methyl/N-ethyl adjacent to an activating group) is 1. The van der Waals surface area contributed by atoms with Crippen molar-refractivity contribution in [2.75, 3.05) is 24.7 Å². The van der Waals surface area contributed by atoms with Crippen molar-refractivity contribution in [3.63, 3.8) is 0 Å². The number of nitrogens with one attached hydrogen (secondary N) is 1. The van der Waals surface area contributed by atoms with E-state index in [9.17, 15) is 10.1 Å². The molecule has 1 aliphatic heterocycles. The summed E-state index contributed by atoms with van der Waals surface area (Å²) in [6.45, 7) is 1.69. The average molecular weight is 493 g/mol. The van der Waals surface area contributed by atoms with Gasteiger partial charge >= 0.3 is 0 Å². The van der Waals surface area contributed by atoms with Crippen molar-refractivity contribution < 1.29 is 4.79 Å². The molecule has 3 aromatic rings. The predicted octanol–water partition coefficient (Wildman–Crippen LogP) is 5.10. The third-order valence-corrected chi connectivity index (χ3v) is 6.66. The molecule has 0 unspecified atom stereocenters. The fourth-order valence-electron chi connectivity index (χ4n) is 3.67. The van der Waals surface area contributed by atoms with E-state index in [1.54, 1.807) is 0 Å². The van der Waals surface area contributed by atoms with Gasteiger partial charge in [0.25, 0.3) is 0 Å². The quantitative estimate of drug-likeness (QED) is 0.501. The smallest absolute Gasteiger partial charge is 0.234 e. The lowest BCUT2D eigenvalue weighted by atomic mass is 9.92. The van der Waals surface area contributed by atoms with Crippen LogP contribution in [0, 0.1) is 11.3 Å². The van der Waals surface area contributed by atoms with Gasteiger partial charge in [-0.05, 0) is 42.4 Å². The largest absolute Gasteiger partial charge is 0.325 e. The van der Waals surface area contributed by atoms with Gasteiger partial charge in [-0.25, -0.2) is 4.98 Å². The van der Waals surface area contributed by atoms with E-state index in [1.165, 1.54) is 11.8 Å². The van der Waals surface area contributed by atoms with Gasteiger partial charge in [-0.15, -0.1) is 0 Å². The zero-order valence-electron chi connectivity index (χ0n) is 17.1. The summed E-state index contributed by atoms with van der Waals surface area (Å²) >= 11 is 4.71. The second-order valence-corrected chi connectivity index (χ2v) is 9.28. The van der Waals surface area contributed by atoms with Crippen molar-refractivity contribution in [2.24, 2.45) is 0 Å². The second-order valence-electron chi connectivity index (χ2n) is 7.40. The minimum absolute atomic E-state index is 0.128. The molecule has 0 atom stereocenters. The van der Waals surface area contributed by atoms with Crippen molar-refractivity contribution in [1.82, 2.24) is 9.88 Å². The molecule has 5 nitrogen and oxygen atoms in total. The van der Waals surface area contributed by atoms with Crippen molar-refractivity contribution in [3.05, 3.63) is 75.9 Å². The summed E-state index contributed by atoms with van der Waals surface area (Å²) in [5.41, 5.74) is 5.36. The first-order valence-corrected chi connectivity index (χ1v) is 11.7. The second kappa shape index (κ2) is 9.65. The Balaban J connectivity index is 1.64. The predicted molar refractivity (Wildman–Crippen MR) is 128 cm³/mol. The molecule has 0 spiro atoms. The van der Waals surface area contributed by atoms with Crippen LogP contribution in [-0.4, -0.2) is 35.1 Å². The SMILES string of the molecule is CN1CCc2nc(SCC(=O)Nc3ccc(Br)cc3)c(C#N)c(-c3ccccc3)c2C1. The third kappa shape index (κ3) is 4.99. The molecule has 1 aliphatic rings. The molecule has 0 radical (unpaired) electrons. The lowest BCUT2D eigenvalue weighted by molar-refractivity contribution is -0.113. The Morgan fingerprint density at radius 1 is 1.23 bits per heavy atom. The number of nitrogens with zero attached hydrogens (tertiary/aromatic N) is 3. The molecular formula is C24H21BrN4OS. The van der Waals surface area contributed by atoms with E-state index in [2.05, 4.69) is 39.3 Å². The van der Waals surface area contributed by atoms with Gasteiger partial charge in [-0.1, -0.05) is 58.0 Å². The van der Waals surface area contributed by atoms with Crippen molar-refractivity contribution >= 4 is 39.3 Å². The van der Waals surface area contributed by atoms with Crippen LogP contribution >= 0.6 is 27.7 Å². The number of amides is 1. The minimum atomic E-state index is -0.128. The number of benzene rings is 2. The summed E-state index contributed by atoms with van der Waals surface area (Å²) in [6, 6.07) is 19.8. The van der Waals surface area contributed by atoms with Crippen LogP contribution in [0.1, 0.15) is 16.8 Å². The minimum Gasteiger partial charge on any atom is -0.325 e. The van der Waals surface area contributed by atoms with Crippen molar-refractivity contribution in [2.45, 2.75) is 18.0 Å². The molecule has 1 aromatic heterocycles. The number of carbonyl (C=O) groups excluding carboxylic acids is 1. The lowest BCUT2D eigenvalue weighted by Crippen LogP contribution is -2.28. The molecule has 0 aliphatic carbocycles. The topological polar surface area (TPSA) is 69.0 Å². The highest BCUT2D eigenvalue weighted by Crippen LogP contribution is 2.37. The van der Waals surface area contributed by atoms with Crippen LogP contribution in [-0.2, 0) is 17.8 Å². The van der Waals surface area contributed by atoms with Gasteiger partial charge in [0.1, 0.15) is 11.1 Å². The molecule has 156 valence electrons. The van der Waals surface area contributed by atoms with Crippen LogP contribution in [0.5, 0.6) is 0 Å². The van der Waals surface area contributed by atoms with E-state index in [4.69, 9.17) is 4.98 Å². The molecular weight excluding hydrogens is 472 g/mol. The summed E-state index contributed by atoms with van der Waals surface area (Å²) in [4.78, 5) is 19.6. The number of hydrogen-bond donors (Lipinski definition) is 1. The molecule has 2 heterocycles. The van der Waals surface area contributed by atoms with Gasteiger partial charge in [0, 0.05) is 40.9 Å². The van der Waals surface area contributed by atoms with Crippen LogP contribution in [0.15, 0.2) is 64.1 Å². The molecule has 0 fully saturated rings. The zero-order chi connectivity index (χ0) is 21.8. The molecule has 1 N–H and O–H groups in total. The summed E-state index contributed by atoms with van der Waals surface area (Å²) in [5, 5.41) is 13.5. The van der Waals surface area contributed by atoms with Gasteiger partial charge in [0.05, 0.1) is 11.3 Å². The number of pyridine rings is 1. The van der Waals surface area contributed by atoms with E-state index < -0.39 is 0 Å². The van der Waals surface area contributed by atoms with Crippen LogP contribution in [0.4, 0.5) is 5.69 Å². The molecule has 0 saturated heterocycles. The standard InChI is InChI=1S/C24H21BrN4OS/c1-29-12-11-21-20(14-29)23(16-5-3-2-4-6-16)19(13-26)24(28-21)31-15-22(30)27-18-9-7-17(25)8-10-18/h2-10H,11-12,14-15H2,1H3,(H,27,30). The Hall–Kier alpha value is -2.66. The number of halogens is 1. The fraction of sp³-hybridized carbons (Fsp3) is 0.208. The van der Waals surface area contributed by atoms with Gasteiger partial charge in [0.2, 0.25) is 5.91 Å². The number of nitriles is 1. The Kier molecular flexibility index (Phi) is 6.71. The Bertz CT molecular complexity index is 1140. The van der Waals surface area contributed by atoms with Crippen LogP contribution < -0.4 is 5.32 Å². The molecule has 1 amide bonds. The zero-order valence-corrected chi connectivity index (χ0v) is 19.5. The van der Waals surface area contributed by atoms with Crippen LogP contribution in [0.25, 0.3) is 11.1 Å². The Morgan fingerprint density at radius 2 is 1.97 bits per heavy atom. The highest BCUT2D eigenvalue weighted by atomic mass is 79.9. The normalized spacial score (nSPS) is 13.3. The van der Waals surface area contributed by atoms with Gasteiger partial charge in [0.15, 0.2) is 0 Å². The average Bonchev–Trinajstić information content (AvgIpc) is 2.79. The summed E-state index contributed by atoms with van der Waals surface area (Å²) < 4.78 is 0.955. The number of thioether (sulfide) groups is 1. The first kappa shape index (κ1) is 21.6. The van der Waals surface area contributed by atoms with Gasteiger partial charge < -0.3 is 10.2 Å². The highest BCUT2D eigenvalue weighted by molar-refractivity contribution is 9.10. The number of hydrogen-bond acceptors (Lipinski definition) is 5. The summed E-state index contributed by atoms with van der Waals surface area (Å²) in [6.07, 6.45) is 0.829. The summed E-state index contributed by atoms with van der Waals surface area (Å²) in [5.74, 6) is 0.0572. The maximum atomic E-state index is 12.5. The Morgan fingerprint density at radius 3 is 2.68 bits per heavy atom. The Labute approximate surface area is 194 Å². The number of aromatic nitrogens is 1. The molecule has 4 rings (SSSR count). The molecule has 7 heteroatoms. The van der Waals surface area contributed by atoms with E-state index in [0.29, 0.717) is 10.6 Å². The van der Waals surface area contributed by atoms with Gasteiger partial charge in [-0.2, -0.15) is 5.26 Å². The summed E-state index contributed by atoms with van der Waals surface area (Å²) in [7, 11) is 2.08. The number of anilines is 1. The fourth-order valence-corrected chi connectivity index (χ4v) is 4.74. The van der Waals surface area contributed by atoms with Crippen molar-refractivity contribution in [1.29, 1.82) is 5.26 Å². The molecule has 0 saturated carbocycles. The monoisotopic (exact) mass is 492 g/mol. The number of carbonyl (C=O) groups is 1. The maximum absolute atomic E-state index is 12.5. The molecule has 31 heavy (non-hydrogen) atoms. The maximum Gasteiger partial charge on any atom is 0.234 e. The number of fused-ring (bicyclic) bond motifs is 1. The first-order valence-electron chi connectivity index (χ1n) is 9.93. The van der Waals surface area contributed by atoms with E-state index in [0.717, 1.165) is 52.1 Å². The van der Waals surface area contributed by atoms with E-state index in [1.807, 2.05) is 54.6 Å². The van der Waals surface area contributed by atoms with E-state index in [-0.39, 0.29) is 11.7 Å². The molecule has 2 aromatic carbocycles. The van der Waals surface area contributed by atoms with E-state index >= 15 is 0 Å². The first-order chi connectivity index (χ1) is 15.0. The van der Waals surface area contributed by atoms with Crippen LogP contribution in [0.3, 0.4) is 0 Å². The lowest BCUT2D eigenvalue weighted by Gasteiger charge is -2.28. The molecule has 0 bridgehead atoms. The number of rotatable bonds is 5. The van der Waals surface area contributed by atoms with Crippen LogP contribution in [0.2, 0.25) is 0 Å². The van der Waals surface area contributed by atoms with Crippen molar-refractivity contribution in [3.8, 4) is 17.2 Å².